The maximum Gasteiger partial charge on any atom is 0.271 e. The van der Waals surface area contributed by atoms with Crippen molar-refractivity contribution in [3.8, 4) is 0 Å². The summed E-state index contributed by atoms with van der Waals surface area (Å²) in [5.74, 6) is 0.668. The molecule has 2 aromatic rings. The summed E-state index contributed by atoms with van der Waals surface area (Å²) in [7, 11) is 0. The molecule has 154 valence electrons. The van der Waals surface area contributed by atoms with Crippen molar-refractivity contribution in [3.63, 3.8) is 0 Å². The van der Waals surface area contributed by atoms with E-state index in [1.807, 2.05) is 0 Å². The monoisotopic (exact) mass is 399 g/mol. The minimum atomic E-state index is -1.11. The number of nitrogens with one attached hydrogen (secondary N) is 1. The number of aromatic nitrogens is 4. The van der Waals surface area contributed by atoms with E-state index < -0.39 is 17.2 Å². The number of ether oxygens (including phenoxy) is 1. The second-order valence-corrected chi connectivity index (χ2v) is 7.91. The number of anilines is 2. The van der Waals surface area contributed by atoms with Gasteiger partial charge in [-0.05, 0) is 25.8 Å². The lowest BCUT2D eigenvalue weighted by Gasteiger charge is -2.51. The van der Waals surface area contributed by atoms with Crippen LogP contribution < -0.4 is 16.0 Å². The first kappa shape index (κ1) is 19.5. The van der Waals surface area contributed by atoms with Gasteiger partial charge in [-0.3, -0.25) is 9.78 Å². The average molecular weight is 399 g/mol. The van der Waals surface area contributed by atoms with Crippen molar-refractivity contribution in [2.45, 2.75) is 43.4 Å². The number of amides is 1. The standard InChI is InChI=1S/C19H25N7O3/c1-18(28)12-19(3-8-26(9-4-19)17-23-5-2-15(20)25-17)29-11-14(18)24-16(27)13-10-21-6-7-22-13/h2,5-7,10,14,28H,3-4,8-9,11-12H2,1H3,(H,24,27)(H2,20,23,25)/t14-,18-/m0/s1. The van der Waals surface area contributed by atoms with E-state index in [0.717, 1.165) is 12.8 Å². The summed E-state index contributed by atoms with van der Waals surface area (Å²) >= 11 is 0. The van der Waals surface area contributed by atoms with Crippen molar-refractivity contribution in [1.82, 2.24) is 25.3 Å². The van der Waals surface area contributed by atoms with Gasteiger partial charge < -0.3 is 25.8 Å². The molecule has 4 N–H and O–H groups in total. The minimum Gasteiger partial charge on any atom is -0.388 e. The highest BCUT2D eigenvalue weighted by Crippen LogP contribution is 2.40. The maximum atomic E-state index is 12.4. The second-order valence-electron chi connectivity index (χ2n) is 7.91. The summed E-state index contributed by atoms with van der Waals surface area (Å²) in [4.78, 5) is 30.9. The van der Waals surface area contributed by atoms with Crippen molar-refractivity contribution in [2.24, 2.45) is 0 Å². The van der Waals surface area contributed by atoms with Crippen molar-refractivity contribution in [3.05, 3.63) is 36.5 Å². The predicted octanol–water partition coefficient (Wildman–Crippen LogP) is 0.158. The van der Waals surface area contributed by atoms with Crippen LogP contribution in [0.2, 0.25) is 0 Å². The Bertz CT molecular complexity index is 869. The quantitative estimate of drug-likeness (QED) is 0.658. The molecule has 0 unspecified atom stereocenters. The zero-order valence-corrected chi connectivity index (χ0v) is 16.3. The molecule has 2 fully saturated rings. The zero-order chi connectivity index (χ0) is 20.5. The molecule has 2 atom stereocenters. The highest BCUT2D eigenvalue weighted by atomic mass is 16.5. The highest BCUT2D eigenvalue weighted by Gasteiger charge is 2.49. The molecule has 0 radical (unpaired) electrons. The molecule has 1 amide bonds. The fourth-order valence-electron chi connectivity index (χ4n) is 4.06. The van der Waals surface area contributed by atoms with E-state index in [-0.39, 0.29) is 18.2 Å². The van der Waals surface area contributed by atoms with E-state index >= 15 is 0 Å². The van der Waals surface area contributed by atoms with Gasteiger partial charge in [0.15, 0.2) is 0 Å². The molecule has 4 heterocycles. The molecular formula is C19H25N7O3. The van der Waals surface area contributed by atoms with E-state index in [4.69, 9.17) is 10.5 Å². The van der Waals surface area contributed by atoms with Gasteiger partial charge >= 0.3 is 0 Å². The van der Waals surface area contributed by atoms with Crippen LogP contribution in [0.5, 0.6) is 0 Å². The second kappa shape index (κ2) is 7.53. The molecule has 4 rings (SSSR count). The normalized spacial score (nSPS) is 26.3. The lowest BCUT2D eigenvalue weighted by atomic mass is 9.75. The van der Waals surface area contributed by atoms with E-state index in [1.165, 1.54) is 18.6 Å². The fraction of sp³-hybridized carbons (Fsp3) is 0.526. The third-order valence-electron chi connectivity index (χ3n) is 5.71. The molecule has 2 saturated heterocycles. The number of carbonyl (C=O) groups excluding carboxylic acids is 1. The molecule has 2 aliphatic rings. The maximum absolute atomic E-state index is 12.4. The van der Waals surface area contributed by atoms with E-state index in [1.54, 1.807) is 19.2 Å². The molecule has 2 aromatic heterocycles. The number of aliphatic hydroxyl groups is 1. The summed E-state index contributed by atoms with van der Waals surface area (Å²) in [6.45, 7) is 3.38. The topological polar surface area (TPSA) is 139 Å². The summed E-state index contributed by atoms with van der Waals surface area (Å²) in [5.41, 5.74) is 4.42. The Morgan fingerprint density at radius 3 is 2.76 bits per heavy atom. The molecule has 0 aromatic carbocycles. The van der Waals surface area contributed by atoms with Crippen molar-refractivity contribution >= 4 is 17.7 Å². The number of hydrogen-bond acceptors (Lipinski definition) is 9. The SMILES string of the molecule is C[C@]1(O)CC2(CCN(c3nccc(N)n3)CC2)OC[C@@H]1NC(=O)c1cnccn1. The first-order valence-electron chi connectivity index (χ1n) is 9.64. The van der Waals surface area contributed by atoms with Crippen LogP contribution in [0.15, 0.2) is 30.9 Å². The predicted molar refractivity (Wildman–Crippen MR) is 105 cm³/mol. The fourth-order valence-corrected chi connectivity index (χ4v) is 4.06. The van der Waals surface area contributed by atoms with Crippen LogP contribution in [0.25, 0.3) is 0 Å². The Morgan fingerprint density at radius 1 is 1.31 bits per heavy atom. The lowest BCUT2D eigenvalue weighted by molar-refractivity contribution is -0.176. The van der Waals surface area contributed by atoms with Crippen LogP contribution in [0.1, 0.15) is 36.7 Å². The van der Waals surface area contributed by atoms with Crippen LogP contribution in [0.3, 0.4) is 0 Å². The number of rotatable bonds is 3. The smallest absolute Gasteiger partial charge is 0.271 e. The summed E-state index contributed by atoms with van der Waals surface area (Å²) in [6, 6.07) is 1.13. The van der Waals surface area contributed by atoms with Gasteiger partial charge in [-0.1, -0.05) is 0 Å². The van der Waals surface area contributed by atoms with Gasteiger partial charge in [0.2, 0.25) is 5.95 Å². The number of hydrogen-bond donors (Lipinski definition) is 3. The molecule has 1 spiro atoms. The minimum absolute atomic E-state index is 0.207. The van der Waals surface area contributed by atoms with Gasteiger partial charge in [-0.15, -0.1) is 0 Å². The van der Waals surface area contributed by atoms with Gasteiger partial charge in [0, 0.05) is 38.1 Å². The molecule has 0 bridgehead atoms. The zero-order valence-electron chi connectivity index (χ0n) is 16.3. The van der Waals surface area contributed by atoms with Gasteiger partial charge in [0.25, 0.3) is 5.91 Å². The van der Waals surface area contributed by atoms with Crippen molar-refractivity contribution in [2.75, 3.05) is 30.3 Å². The van der Waals surface area contributed by atoms with Gasteiger partial charge in [-0.2, -0.15) is 4.98 Å². The number of piperidine rings is 1. The Labute approximate surface area is 168 Å². The molecular weight excluding hydrogens is 374 g/mol. The number of nitrogen functional groups attached to an aromatic ring is 1. The van der Waals surface area contributed by atoms with Crippen LogP contribution in [-0.2, 0) is 4.74 Å². The third-order valence-corrected chi connectivity index (χ3v) is 5.71. The number of nitrogens with zero attached hydrogens (tertiary/aromatic N) is 5. The summed E-state index contributed by atoms with van der Waals surface area (Å²) in [5, 5.41) is 13.9. The Balaban J connectivity index is 1.38. The van der Waals surface area contributed by atoms with Crippen molar-refractivity contribution < 1.29 is 14.6 Å². The highest BCUT2D eigenvalue weighted by molar-refractivity contribution is 5.92. The van der Waals surface area contributed by atoms with Crippen LogP contribution in [0.4, 0.5) is 11.8 Å². The van der Waals surface area contributed by atoms with Crippen LogP contribution >= 0.6 is 0 Å². The largest absolute Gasteiger partial charge is 0.388 e. The number of nitrogens with two attached hydrogens (primary N) is 1. The van der Waals surface area contributed by atoms with E-state index in [0.29, 0.717) is 31.3 Å². The van der Waals surface area contributed by atoms with Crippen LogP contribution in [-0.4, -0.2) is 67.9 Å². The molecule has 0 saturated carbocycles. The van der Waals surface area contributed by atoms with Gasteiger partial charge in [0.1, 0.15) is 11.5 Å². The molecule has 2 aliphatic heterocycles. The van der Waals surface area contributed by atoms with E-state index in [9.17, 15) is 9.90 Å². The third kappa shape index (κ3) is 4.13. The van der Waals surface area contributed by atoms with Gasteiger partial charge in [0.05, 0.1) is 30.0 Å². The summed E-state index contributed by atoms with van der Waals surface area (Å²) in [6.07, 6.45) is 7.88. The number of carbonyl (C=O) groups is 1. The van der Waals surface area contributed by atoms with Crippen LogP contribution in [0, 0.1) is 0 Å². The first-order valence-corrected chi connectivity index (χ1v) is 9.64. The Kier molecular flexibility index (Phi) is 5.05. The first-order chi connectivity index (χ1) is 13.9. The molecule has 10 heteroatoms. The Hall–Kier alpha value is -2.85. The van der Waals surface area contributed by atoms with Gasteiger partial charge in [-0.25, -0.2) is 9.97 Å². The van der Waals surface area contributed by atoms with Crippen molar-refractivity contribution in [1.29, 1.82) is 0 Å². The molecule has 0 aliphatic carbocycles. The average Bonchev–Trinajstić information content (AvgIpc) is 2.71. The van der Waals surface area contributed by atoms with E-state index in [2.05, 4.69) is 30.2 Å². The lowest BCUT2D eigenvalue weighted by Crippen LogP contribution is -2.64. The molecule has 29 heavy (non-hydrogen) atoms. The molecule has 10 nitrogen and oxygen atoms in total. The Morgan fingerprint density at radius 2 is 2.10 bits per heavy atom. The summed E-state index contributed by atoms with van der Waals surface area (Å²) < 4.78 is 6.20.